The number of rotatable bonds is 5. The Morgan fingerprint density at radius 2 is 2.16 bits per heavy atom. The van der Waals surface area contributed by atoms with Crippen molar-refractivity contribution in [3.63, 3.8) is 0 Å². The highest BCUT2D eigenvalue weighted by Crippen LogP contribution is 2.23. The third kappa shape index (κ3) is 2.78. The van der Waals surface area contributed by atoms with E-state index >= 15 is 0 Å². The van der Waals surface area contributed by atoms with Crippen LogP contribution in [0.15, 0.2) is 41.6 Å². The number of hydrogen-bond acceptors (Lipinski definition) is 4. The molecule has 0 fully saturated rings. The molecule has 2 rings (SSSR count). The number of hydrogen-bond donors (Lipinski definition) is 0. The summed E-state index contributed by atoms with van der Waals surface area (Å²) in [6.07, 6.45) is 3.75. The molecule has 0 unspecified atom stereocenters. The van der Waals surface area contributed by atoms with Crippen LogP contribution in [0.5, 0.6) is 5.75 Å². The Hall–Kier alpha value is -1.82. The van der Waals surface area contributed by atoms with E-state index in [-0.39, 0.29) is 4.90 Å². The van der Waals surface area contributed by atoms with Gasteiger partial charge in [-0.2, -0.15) is 17.6 Å². The molecule has 0 aliphatic heterocycles. The van der Waals surface area contributed by atoms with E-state index in [1.165, 1.54) is 18.5 Å². The molecule has 5 nitrogen and oxygen atoms in total. The van der Waals surface area contributed by atoms with Crippen LogP contribution in [0, 0.1) is 6.92 Å². The molecule has 0 aliphatic rings. The number of aromatic nitrogens is 2. The number of aryl methyl sites for hydroxylation is 1. The fourth-order valence-electron chi connectivity index (χ4n) is 1.66. The van der Waals surface area contributed by atoms with Gasteiger partial charge in [-0.3, -0.25) is 0 Å². The predicted molar refractivity (Wildman–Crippen MR) is 71.8 cm³/mol. The summed E-state index contributed by atoms with van der Waals surface area (Å²) < 4.78 is 30.9. The second-order valence-corrected chi connectivity index (χ2v) is 5.96. The van der Waals surface area contributed by atoms with Gasteiger partial charge in [-0.1, -0.05) is 6.92 Å². The average Bonchev–Trinajstić information content (AvgIpc) is 2.91. The minimum absolute atomic E-state index is 0.206. The van der Waals surface area contributed by atoms with Gasteiger partial charge in [0.1, 0.15) is 5.75 Å². The highest BCUT2D eigenvalue weighted by atomic mass is 32.2. The van der Waals surface area contributed by atoms with Gasteiger partial charge in [0, 0.05) is 6.20 Å². The lowest BCUT2D eigenvalue weighted by atomic mass is 10.2. The zero-order valence-electron chi connectivity index (χ0n) is 10.9. The first-order valence-electron chi connectivity index (χ1n) is 6.04. The summed E-state index contributed by atoms with van der Waals surface area (Å²) in [4.78, 5) is 0.206. The Kier molecular flexibility index (Phi) is 3.90. The Balaban J connectivity index is 2.35. The Morgan fingerprint density at radius 3 is 2.74 bits per heavy atom. The normalized spacial score (nSPS) is 11.5. The molecule has 1 aromatic heterocycles. The van der Waals surface area contributed by atoms with Crippen LogP contribution in [-0.2, 0) is 10.0 Å². The smallest absolute Gasteiger partial charge is 0.282 e. The van der Waals surface area contributed by atoms with Crippen molar-refractivity contribution in [1.29, 1.82) is 0 Å². The van der Waals surface area contributed by atoms with Gasteiger partial charge < -0.3 is 4.74 Å². The van der Waals surface area contributed by atoms with Crippen LogP contribution >= 0.6 is 0 Å². The quantitative estimate of drug-likeness (QED) is 0.842. The van der Waals surface area contributed by atoms with Crippen LogP contribution in [-0.4, -0.2) is 24.2 Å². The van der Waals surface area contributed by atoms with Crippen molar-refractivity contribution in [2.45, 2.75) is 25.2 Å². The van der Waals surface area contributed by atoms with Gasteiger partial charge in [-0.25, -0.2) is 0 Å². The first kappa shape index (κ1) is 13.6. The maximum absolute atomic E-state index is 12.2. The standard InChI is InChI=1S/C13H16N2O3S/c1-3-9-18-13-6-5-12(10-11(13)2)19(16,17)15-8-4-7-14-15/h4-8,10H,3,9H2,1-2H3. The minimum Gasteiger partial charge on any atom is -0.493 e. The molecule has 0 N–H and O–H groups in total. The third-order valence-corrected chi connectivity index (χ3v) is 4.19. The molecule has 1 heterocycles. The maximum atomic E-state index is 12.2. The highest BCUT2D eigenvalue weighted by molar-refractivity contribution is 7.89. The van der Waals surface area contributed by atoms with Crippen molar-refractivity contribution in [3.05, 3.63) is 42.2 Å². The van der Waals surface area contributed by atoms with Gasteiger partial charge in [0.05, 0.1) is 17.7 Å². The van der Waals surface area contributed by atoms with Crippen molar-refractivity contribution in [2.75, 3.05) is 6.61 Å². The fourth-order valence-corrected chi connectivity index (χ4v) is 2.85. The zero-order chi connectivity index (χ0) is 13.9. The van der Waals surface area contributed by atoms with E-state index in [4.69, 9.17) is 4.74 Å². The molecule has 19 heavy (non-hydrogen) atoms. The van der Waals surface area contributed by atoms with E-state index in [0.29, 0.717) is 12.4 Å². The molecule has 0 saturated heterocycles. The Bertz CT molecular complexity index is 649. The summed E-state index contributed by atoms with van der Waals surface area (Å²) in [6, 6.07) is 6.39. The molecule has 0 radical (unpaired) electrons. The molecule has 0 bridgehead atoms. The van der Waals surface area contributed by atoms with Gasteiger partial charge in [-0.15, -0.1) is 0 Å². The van der Waals surface area contributed by atoms with Gasteiger partial charge in [0.25, 0.3) is 10.0 Å². The Morgan fingerprint density at radius 1 is 1.37 bits per heavy atom. The third-order valence-electron chi connectivity index (χ3n) is 2.63. The van der Waals surface area contributed by atoms with E-state index in [2.05, 4.69) is 5.10 Å². The summed E-state index contributed by atoms with van der Waals surface area (Å²) in [5.74, 6) is 0.710. The molecule has 6 heteroatoms. The summed E-state index contributed by atoms with van der Waals surface area (Å²) >= 11 is 0. The van der Waals surface area contributed by atoms with Gasteiger partial charge >= 0.3 is 0 Å². The molecular weight excluding hydrogens is 264 g/mol. The highest BCUT2D eigenvalue weighted by Gasteiger charge is 2.17. The van der Waals surface area contributed by atoms with E-state index in [9.17, 15) is 8.42 Å². The van der Waals surface area contributed by atoms with E-state index < -0.39 is 10.0 Å². The monoisotopic (exact) mass is 280 g/mol. The number of benzene rings is 1. The largest absolute Gasteiger partial charge is 0.493 e. The van der Waals surface area contributed by atoms with Gasteiger partial charge in [0.2, 0.25) is 0 Å². The van der Waals surface area contributed by atoms with E-state index in [0.717, 1.165) is 16.1 Å². The SMILES string of the molecule is CCCOc1ccc(S(=O)(=O)n2cccn2)cc1C. The minimum atomic E-state index is -3.61. The van der Waals surface area contributed by atoms with E-state index in [1.807, 2.05) is 13.8 Å². The van der Waals surface area contributed by atoms with Crippen molar-refractivity contribution >= 4 is 10.0 Å². The number of nitrogens with zero attached hydrogens (tertiary/aromatic N) is 2. The zero-order valence-corrected chi connectivity index (χ0v) is 11.7. The van der Waals surface area contributed by atoms with Crippen LogP contribution in [0.4, 0.5) is 0 Å². The summed E-state index contributed by atoms with van der Waals surface area (Å²) in [6.45, 7) is 4.46. The van der Waals surface area contributed by atoms with Crippen molar-refractivity contribution in [1.82, 2.24) is 9.19 Å². The van der Waals surface area contributed by atoms with Crippen LogP contribution in [0.3, 0.4) is 0 Å². The lowest BCUT2D eigenvalue weighted by Gasteiger charge is -2.10. The summed E-state index contributed by atoms with van der Waals surface area (Å²) in [7, 11) is -3.61. The number of ether oxygens (including phenoxy) is 1. The topological polar surface area (TPSA) is 61.2 Å². The molecule has 0 saturated carbocycles. The van der Waals surface area contributed by atoms with Crippen LogP contribution in [0.1, 0.15) is 18.9 Å². The lowest BCUT2D eigenvalue weighted by Crippen LogP contribution is -2.13. The van der Waals surface area contributed by atoms with Crippen molar-refractivity contribution in [2.24, 2.45) is 0 Å². The molecule has 0 atom stereocenters. The van der Waals surface area contributed by atoms with Crippen molar-refractivity contribution < 1.29 is 13.2 Å². The predicted octanol–water partition coefficient (Wildman–Crippen LogP) is 2.22. The average molecular weight is 280 g/mol. The van der Waals surface area contributed by atoms with Crippen LogP contribution in [0.2, 0.25) is 0 Å². The molecule has 1 aromatic carbocycles. The maximum Gasteiger partial charge on any atom is 0.282 e. The van der Waals surface area contributed by atoms with Crippen LogP contribution < -0.4 is 4.74 Å². The molecule has 0 amide bonds. The molecular formula is C13H16N2O3S. The first-order chi connectivity index (χ1) is 9.05. The van der Waals surface area contributed by atoms with Gasteiger partial charge in [0.15, 0.2) is 0 Å². The van der Waals surface area contributed by atoms with Crippen LogP contribution in [0.25, 0.3) is 0 Å². The molecule has 0 aliphatic carbocycles. The summed E-state index contributed by atoms with van der Waals surface area (Å²) in [5, 5.41) is 3.76. The van der Waals surface area contributed by atoms with E-state index in [1.54, 1.807) is 18.2 Å². The Labute approximate surface area is 112 Å². The molecule has 0 spiro atoms. The molecule has 102 valence electrons. The first-order valence-corrected chi connectivity index (χ1v) is 7.48. The second kappa shape index (κ2) is 5.44. The fraction of sp³-hybridized carbons (Fsp3) is 0.308. The lowest BCUT2D eigenvalue weighted by molar-refractivity contribution is 0.315. The molecule has 2 aromatic rings. The second-order valence-electron chi connectivity index (χ2n) is 4.16. The van der Waals surface area contributed by atoms with Gasteiger partial charge in [-0.05, 0) is 43.2 Å². The van der Waals surface area contributed by atoms with Crippen molar-refractivity contribution in [3.8, 4) is 5.75 Å². The summed E-state index contributed by atoms with van der Waals surface area (Å²) in [5.41, 5.74) is 0.793.